The number of nitrogens with one attached hydrogen (secondary N) is 1. The summed E-state index contributed by atoms with van der Waals surface area (Å²) in [6.45, 7) is 24.3. The smallest absolute Gasteiger partial charge is 0.332 e. The summed E-state index contributed by atoms with van der Waals surface area (Å²) in [5.41, 5.74) is 12.6. The second-order valence-electron chi connectivity index (χ2n) is 17.2. The standard InChI is InChI=1S/C49H66N4O4/c1-11-50-42-28-27-35(52(12-2)13-3)32-40(42)47(4,5)29-19-18-24-44-49(8,9)41-33-37-36-22-16-17-23-38(36)48(6,7)39(37)34-43(41)53(44)30-20-14-15-26-46(56)57-51(10)45(55)25-21-31-54/h16-19,22-24,27-28,31-34,50H,11-15,20-21,25-26,29-30H2,1-10H3/b19-18+,44-24+. The normalized spacial score (nSPS) is 15.7. The maximum Gasteiger partial charge on any atom is 0.332 e. The van der Waals surface area contributed by atoms with Gasteiger partial charge in [0.25, 0.3) is 5.91 Å². The van der Waals surface area contributed by atoms with Crippen LogP contribution in [-0.4, -0.2) is 56.5 Å². The third kappa shape index (κ3) is 9.16. The van der Waals surface area contributed by atoms with Gasteiger partial charge in [0.1, 0.15) is 6.29 Å². The van der Waals surface area contributed by atoms with E-state index in [1.807, 2.05) is 0 Å². The van der Waals surface area contributed by atoms with Crippen molar-refractivity contribution in [2.45, 2.75) is 124 Å². The number of allylic oxidation sites excluding steroid dienone is 4. The van der Waals surface area contributed by atoms with Gasteiger partial charge in [-0.25, -0.2) is 4.79 Å². The van der Waals surface area contributed by atoms with Crippen LogP contribution in [0, 0.1) is 0 Å². The maximum absolute atomic E-state index is 12.5. The van der Waals surface area contributed by atoms with Gasteiger partial charge in [-0.05, 0) is 115 Å². The summed E-state index contributed by atoms with van der Waals surface area (Å²) < 4.78 is 0. The zero-order valence-electron chi connectivity index (χ0n) is 36.3. The minimum absolute atomic E-state index is 0.0262. The van der Waals surface area contributed by atoms with E-state index in [2.05, 4.69) is 150 Å². The lowest BCUT2D eigenvalue weighted by atomic mass is 9.79. The zero-order valence-corrected chi connectivity index (χ0v) is 36.3. The number of hydrogen-bond acceptors (Lipinski definition) is 7. The summed E-state index contributed by atoms with van der Waals surface area (Å²) in [6.07, 6.45) is 11.2. The number of aldehydes is 1. The van der Waals surface area contributed by atoms with Gasteiger partial charge in [-0.2, -0.15) is 5.06 Å². The van der Waals surface area contributed by atoms with Gasteiger partial charge in [0, 0.05) is 86.1 Å². The molecule has 306 valence electrons. The van der Waals surface area contributed by atoms with Crippen molar-refractivity contribution in [3.63, 3.8) is 0 Å². The van der Waals surface area contributed by atoms with Crippen LogP contribution in [0.1, 0.15) is 130 Å². The molecule has 0 bridgehead atoms. The third-order valence-electron chi connectivity index (χ3n) is 12.2. The van der Waals surface area contributed by atoms with Gasteiger partial charge in [-0.15, -0.1) is 0 Å². The Labute approximate surface area is 342 Å². The molecule has 1 N–H and O–H groups in total. The van der Waals surface area contributed by atoms with Crippen LogP contribution in [0.3, 0.4) is 0 Å². The molecule has 0 fully saturated rings. The minimum atomic E-state index is -0.437. The van der Waals surface area contributed by atoms with Crippen LogP contribution in [0.25, 0.3) is 11.1 Å². The number of benzene rings is 3. The van der Waals surface area contributed by atoms with Crippen molar-refractivity contribution in [1.29, 1.82) is 0 Å². The average Bonchev–Trinajstić information content (AvgIpc) is 3.53. The van der Waals surface area contributed by atoms with Crippen LogP contribution in [0.4, 0.5) is 17.1 Å². The number of unbranched alkanes of at least 4 members (excludes halogenated alkanes) is 2. The van der Waals surface area contributed by atoms with E-state index in [-0.39, 0.29) is 41.4 Å². The zero-order chi connectivity index (χ0) is 41.5. The lowest BCUT2D eigenvalue weighted by Crippen LogP contribution is -2.29. The number of nitrogens with zero attached hydrogens (tertiary/aromatic N) is 3. The maximum atomic E-state index is 12.5. The predicted molar refractivity (Wildman–Crippen MR) is 236 cm³/mol. The molecular formula is C49H66N4O4. The Morgan fingerprint density at radius 1 is 0.860 bits per heavy atom. The minimum Gasteiger partial charge on any atom is -0.385 e. The number of anilines is 3. The summed E-state index contributed by atoms with van der Waals surface area (Å²) in [5.74, 6) is -0.823. The van der Waals surface area contributed by atoms with E-state index >= 15 is 0 Å². The Bertz CT molecular complexity index is 1990. The van der Waals surface area contributed by atoms with Gasteiger partial charge in [-0.3, -0.25) is 4.79 Å². The van der Waals surface area contributed by atoms with E-state index in [1.165, 1.54) is 63.2 Å². The Hall–Kier alpha value is -4.85. The molecule has 3 aromatic rings. The number of amides is 1. The van der Waals surface area contributed by atoms with Crippen molar-refractivity contribution in [2.75, 3.05) is 48.3 Å². The number of carbonyl (C=O) groups is 3. The Kier molecular flexibility index (Phi) is 13.8. The molecule has 8 heteroatoms. The van der Waals surface area contributed by atoms with Gasteiger partial charge in [0.05, 0.1) is 0 Å². The summed E-state index contributed by atoms with van der Waals surface area (Å²) in [4.78, 5) is 45.4. The van der Waals surface area contributed by atoms with Crippen LogP contribution in [0.5, 0.6) is 0 Å². The number of fused-ring (bicyclic) bond motifs is 4. The van der Waals surface area contributed by atoms with E-state index in [4.69, 9.17) is 4.84 Å². The van der Waals surface area contributed by atoms with Gasteiger partial charge in [0.2, 0.25) is 0 Å². The van der Waals surface area contributed by atoms with Crippen LogP contribution in [0.15, 0.2) is 78.5 Å². The molecule has 1 aliphatic heterocycles. The van der Waals surface area contributed by atoms with Crippen molar-refractivity contribution in [3.05, 3.63) is 101 Å². The van der Waals surface area contributed by atoms with E-state index in [1.54, 1.807) is 0 Å². The molecule has 0 atom stereocenters. The molecule has 0 spiro atoms. The molecule has 0 unspecified atom stereocenters. The quantitative estimate of drug-likeness (QED) is 0.0783. The van der Waals surface area contributed by atoms with Crippen LogP contribution >= 0.6 is 0 Å². The lowest BCUT2D eigenvalue weighted by Gasteiger charge is -2.30. The Morgan fingerprint density at radius 3 is 2.30 bits per heavy atom. The fourth-order valence-electron chi connectivity index (χ4n) is 8.76. The molecule has 57 heavy (non-hydrogen) atoms. The van der Waals surface area contributed by atoms with E-state index in [0.717, 1.165) is 50.5 Å². The highest BCUT2D eigenvalue weighted by molar-refractivity contribution is 5.86. The molecule has 1 heterocycles. The largest absolute Gasteiger partial charge is 0.385 e. The Balaban J connectivity index is 1.39. The van der Waals surface area contributed by atoms with Crippen molar-refractivity contribution in [1.82, 2.24) is 5.06 Å². The highest BCUT2D eigenvalue weighted by atomic mass is 16.7. The fourth-order valence-corrected chi connectivity index (χ4v) is 8.76. The summed E-state index contributed by atoms with van der Waals surface area (Å²) in [5, 5.41) is 4.57. The summed E-state index contributed by atoms with van der Waals surface area (Å²) in [7, 11) is 1.42. The van der Waals surface area contributed by atoms with Crippen LogP contribution in [0.2, 0.25) is 0 Å². The molecule has 3 aromatic carbocycles. The van der Waals surface area contributed by atoms with Gasteiger partial charge < -0.3 is 24.7 Å². The average molecular weight is 775 g/mol. The Morgan fingerprint density at radius 2 is 1.60 bits per heavy atom. The first-order valence-electron chi connectivity index (χ1n) is 21.1. The first-order chi connectivity index (χ1) is 27.1. The number of hydrogen-bond donors (Lipinski definition) is 1. The molecule has 2 aliphatic rings. The summed E-state index contributed by atoms with van der Waals surface area (Å²) >= 11 is 0. The third-order valence-corrected chi connectivity index (χ3v) is 12.2. The number of carbonyl (C=O) groups excluding carboxylic acids is 3. The molecule has 0 saturated heterocycles. The molecule has 0 saturated carbocycles. The summed E-state index contributed by atoms with van der Waals surface area (Å²) in [6, 6.07) is 20.6. The number of hydroxylamine groups is 2. The lowest BCUT2D eigenvalue weighted by molar-refractivity contribution is -0.192. The first-order valence-corrected chi connectivity index (χ1v) is 21.1. The van der Waals surface area contributed by atoms with Crippen molar-refractivity contribution in [3.8, 4) is 11.1 Å². The molecule has 8 nitrogen and oxygen atoms in total. The van der Waals surface area contributed by atoms with E-state index in [0.29, 0.717) is 12.7 Å². The van der Waals surface area contributed by atoms with Gasteiger partial charge in [0.15, 0.2) is 0 Å². The van der Waals surface area contributed by atoms with Crippen LogP contribution < -0.4 is 15.1 Å². The monoisotopic (exact) mass is 775 g/mol. The second kappa shape index (κ2) is 18.2. The molecule has 1 aliphatic carbocycles. The van der Waals surface area contributed by atoms with Crippen molar-refractivity contribution >= 4 is 35.2 Å². The van der Waals surface area contributed by atoms with E-state index in [9.17, 15) is 14.4 Å². The SMILES string of the molecule is CCNc1ccc(N(CC)CC)cc1C(C)(C)C/C=C/C=C1/N(CCCCCC(=O)ON(C)C(=O)CCC=O)c2cc3c(cc2C1(C)C)-c1ccccc1C3(C)C. The molecule has 0 aromatic heterocycles. The second-order valence-corrected chi connectivity index (χ2v) is 17.2. The number of rotatable bonds is 18. The molecular weight excluding hydrogens is 709 g/mol. The fraction of sp³-hybridized carbons (Fsp3) is 0.490. The van der Waals surface area contributed by atoms with Gasteiger partial charge in [-0.1, -0.05) is 84.4 Å². The molecule has 1 amide bonds. The highest BCUT2D eigenvalue weighted by Gasteiger charge is 2.44. The molecule has 0 radical (unpaired) electrons. The van der Waals surface area contributed by atoms with Gasteiger partial charge >= 0.3 is 5.97 Å². The van der Waals surface area contributed by atoms with Crippen LogP contribution in [-0.2, 0) is 35.5 Å². The first kappa shape index (κ1) is 43.3. The van der Waals surface area contributed by atoms with Crippen molar-refractivity contribution < 1.29 is 19.2 Å². The highest BCUT2D eigenvalue weighted by Crippen LogP contribution is 2.56. The predicted octanol–water partition coefficient (Wildman–Crippen LogP) is 10.6. The topological polar surface area (TPSA) is 82.2 Å². The van der Waals surface area contributed by atoms with E-state index < -0.39 is 5.97 Å². The van der Waals surface area contributed by atoms with Crippen molar-refractivity contribution in [2.24, 2.45) is 0 Å². The molecule has 5 rings (SSSR count).